The third-order valence-corrected chi connectivity index (χ3v) is 7.06. The van der Waals surface area contributed by atoms with E-state index in [0.29, 0.717) is 5.57 Å². The van der Waals surface area contributed by atoms with Crippen LogP contribution in [0, 0.1) is 5.92 Å². The first-order valence-corrected chi connectivity index (χ1v) is 14.4. The van der Waals surface area contributed by atoms with Gasteiger partial charge in [0.1, 0.15) is 17.7 Å². The monoisotopic (exact) mass is 589 g/mol. The topological polar surface area (TPSA) is 125 Å². The Bertz CT molecular complexity index is 1110. The molecule has 0 unspecified atom stereocenters. The number of nitrogens with one attached hydrogen (secondary N) is 1. The van der Waals surface area contributed by atoms with E-state index in [2.05, 4.69) is 5.32 Å². The Labute approximate surface area is 251 Å². The molecule has 3 amide bonds. The van der Waals surface area contributed by atoms with Gasteiger partial charge in [-0.05, 0) is 53.0 Å². The maximum atomic E-state index is 14.0. The molecule has 1 rings (SSSR count). The van der Waals surface area contributed by atoms with Gasteiger partial charge >= 0.3 is 12.1 Å². The maximum Gasteiger partial charge on any atom is 0.410 e. The van der Waals surface area contributed by atoms with Crippen molar-refractivity contribution in [1.29, 1.82) is 0 Å². The van der Waals surface area contributed by atoms with Crippen LogP contribution in [0.2, 0.25) is 0 Å². The summed E-state index contributed by atoms with van der Waals surface area (Å²) in [4.78, 5) is 55.9. The first kappa shape index (κ1) is 36.6. The van der Waals surface area contributed by atoms with Crippen LogP contribution >= 0.6 is 0 Å². The number of nitrogens with zero attached hydrogens (tertiary/aromatic N) is 2. The number of carbonyl (C=O) groups is 4. The van der Waals surface area contributed by atoms with Gasteiger partial charge in [-0.3, -0.25) is 14.5 Å². The first-order chi connectivity index (χ1) is 19.3. The predicted molar refractivity (Wildman–Crippen MR) is 163 cm³/mol. The fourth-order valence-corrected chi connectivity index (χ4v) is 4.76. The van der Waals surface area contributed by atoms with Gasteiger partial charge in [-0.1, -0.05) is 64.1 Å². The lowest BCUT2D eigenvalue weighted by molar-refractivity contribution is -0.142. The predicted octanol–water partition coefficient (Wildman–Crippen LogP) is 4.06. The Morgan fingerprint density at radius 1 is 0.976 bits per heavy atom. The van der Waals surface area contributed by atoms with E-state index < -0.39 is 59.1 Å². The van der Waals surface area contributed by atoms with Crippen molar-refractivity contribution in [2.24, 2.45) is 5.92 Å². The lowest BCUT2D eigenvalue weighted by Gasteiger charge is -2.41. The molecule has 0 saturated carbocycles. The summed E-state index contributed by atoms with van der Waals surface area (Å²) < 4.78 is 10.6. The zero-order valence-corrected chi connectivity index (χ0v) is 27.3. The molecule has 4 atom stereocenters. The molecule has 1 aromatic carbocycles. The number of aliphatic hydroxyl groups excluding tert-OH is 1. The number of carbonyl (C=O) groups excluding carboxylic acids is 4. The second-order valence-corrected chi connectivity index (χ2v) is 12.6. The van der Waals surface area contributed by atoms with Crippen LogP contribution in [0.15, 0.2) is 42.0 Å². The summed E-state index contributed by atoms with van der Waals surface area (Å²) in [6.45, 7) is 17.6. The average molecular weight is 590 g/mol. The van der Waals surface area contributed by atoms with Gasteiger partial charge in [0.25, 0.3) is 0 Å². The van der Waals surface area contributed by atoms with Crippen molar-refractivity contribution >= 4 is 23.9 Å². The van der Waals surface area contributed by atoms with E-state index >= 15 is 0 Å². The highest BCUT2D eigenvalue weighted by molar-refractivity contribution is 5.93. The second kappa shape index (κ2) is 15.2. The molecule has 0 aromatic heterocycles. The van der Waals surface area contributed by atoms with Crippen LogP contribution in [0.25, 0.3) is 0 Å². The van der Waals surface area contributed by atoms with Crippen molar-refractivity contribution in [2.75, 3.05) is 20.7 Å². The molecule has 0 aliphatic heterocycles. The number of ether oxygens (including phenoxy) is 2. The van der Waals surface area contributed by atoms with Gasteiger partial charge in [-0.2, -0.15) is 0 Å². The van der Waals surface area contributed by atoms with Crippen molar-refractivity contribution < 1.29 is 33.8 Å². The quantitative estimate of drug-likeness (QED) is 0.278. The minimum absolute atomic E-state index is 0.100. The molecule has 42 heavy (non-hydrogen) atoms. The summed E-state index contributed by atoms with van der Waals surface area (Å²) in [7, 11) is 3.04. The van der Waals surface area contributed by atoms with Crippen molar-refractivity contribution in [3.63, 3.8) is 0 Å². The van der Waals surface area contributed by atoms with Gasteiger partial charge < -0.3 is 24.8 Å². The molecule has 2 N–H and O–H groups in total. The lowest BCUT2D eigenvalue weighted by Crippen LogP contribution is -2.62. The Hall–Kier alpha value is -3.40. The van der Waals surface area contributed by atoms with Gasteiger partial charge in [0.15, 0.2) is 0 Å². The molecular weight excluding hydrogens is 538 g/mol. The fourth-order valence-electron chi connectivity index (χ4n) is 4.76. The summed E-state index contributed by atoms with van der Waals surface area (Å²) >= 11 is 0. The minimum atomic E-state index is -1.33. The summed E-state index contributed by atoms with van der Waals surface area (Å²) in [5, 5.41) is 13.4. The summed E-state index contributed by atoms with van der Waals surface area (Å²) in [6, 6.07) is 6.29. The number of likely N-dealkylation sites (N-methyl/N-ethyl adjacent to an activating group) is 2. The summed E-state index contributed by atoms with van der Waals surface area (Å²) in [5.74, 6) is -1.78. The number of rotatable bonds is 12. The van der Waals surface area contributed by atoms with Gasteiger partial charge in [0.2, 0.25) is 11.8 Å². The average Bonchev–Trinajstić information content (AvgIpc) is 2.88. The van der Waals surface area contributed by atoms with E-state index in [9.17, 15) is 24.3 Å². The molecule has 0 radical (unpaired) electrons. The number of esters is 1. The van der Waals surface area contributed by atoms with Crippen molar-refractivity contribution in [2.45, 2.75) is 104 Å². The molecule has 0 fully saturated rings. The number of aliphatic hydroxyl groups is 1. The molecule has 0 spiro atoms. The van der Waals surface area contributed by atoms with E-state index in [0.717, 1.165) is 5.56 Å². The molecule has 236 valence electrons. The number of hydrogen-bond donors (Lipinski definition) is 2. The van der Waals surface area contributed by atoms with Gasteiger partial charge in [0.05, 0.1) is 18.8 Å². The van der Waals surface area contributed by atoms with Crippen LogP contribution in [0.4, 0.5) is 4.79 Å². The van der Waals surface area contributed by atoms with E-state index in [-0.39, 0.29) is 12.5 Å². The summed E-state index contributed by atoms with van der Waals surface area (Å²) in [5.41, 5.74) is -0.589. The fraction of sp³-hybridized carbons (Fsp3) is 0.625. The second-order valence-electron chi connectivity index (χ2n) is 12.6. The van der Waals surface area contributed by atoms with Crippen LogP contribution < -0.4 is 5.32 Å². The van der Waals surface area contributed by atoms with E-state index in [1.165, 1.54) is 23.8 Å². The summed E-state index contributed by atoms with van der Waals surface area (Å²) in [6.07, 6.45) is -0.318. The molecule has 0 bridgehead atoms. The smallest absolute Gasteiger partial charge is 0.410 e. The highest BCUT2D eigenvalue weighted by Gasteiger charge is 2.44. The molecule has 0 heterocycles. The Morgan fingerprint density at radius 2 is 1.52 bits per heavy atom. The van der Waals surface area contributed by atoms with Crippen LogP contribution in [0.5, 0.6) is 0 Å². The molecule has 0 aliphatic carbocycles. The standard InChI is InChI=1S/C32H51N3O7/c1-13-41-29(39)21(4)19-24(20(2)3)34(11)28(38)25(22(5)36)33-27(37)26(35(12)30(40)42-31(6,7)8)32(9,10)23-17-15-14-16-18-23/h14-20,22,24-26,36H,13H2,1-12H3,(H,33,37)/b21-19+/t22-,24-,25-,26+/m0/s1. The third kappa shape index (κ3) is 9.86. The third-order valence-electron chi connectivity index (χ3n) is 7.06. The van der Waals surface area contributed by atoms with Crippen LogP contribution in [-0.2, 0) is 29.3 Å². The number of benzene rings is 1. The van der Waals surface area contributed by atoms with E-state index in [1.807, 2.05) is 58.0 Å². The van der Waals surface area contributed by atoms with Gasteiger partial charge in [0, 0.05) is 25.1 Å². The number of amides is 3. The number of hydrogen-bond acceptors (Lipinski definition) is 7. The van der Waals surface area contributed by atoms with E-state index in [1.54, 1.807) is 47.7 Å². The first-order valence-electron chi connectivity index (χ1n) is 14.4. The van der Waals surface area contributed by atoms with Crippen LogP contribution in [-0.4, -0.2) is 89.3 Å². The van der Waals surface area contributed by atoms with Gasteiger partial charge in [-0.15, -0.1) is 0 Å². The van der Waals surface area contributed by atoms with Crippen LogP contribution in [0.3, 0.4) is 0 Å². The largest absolute Gasteiger partial charge is 0.463 e. The van der Waals surface area contributed by atoms with Crippen LogP contribution in [0.1, 0.15) is 74.8 Å². The van der Waals surface area contributed by atoms with E-state index in [4.69, 9.17) is 9.47 Å². The Morgan fingerprint density at radius 3 is 1.98 bits per heavy atom. The van der Waals surface area contributed by atoms with Gasteiger partial charge in [-0.25, -0.2) is 9.59 Å². The highest BCUT2D eigenvalue weighted by atomic mass is 16.6. The molecule has 0 saturated heterocycles. The SMILES string of the molecule is CCOC(=O)/C(C)=C/[C@@H](C(C)C)N(C)C(=O)[C@@H](NC(=O)[C@@H](N(C)C(=O)OC(C)(C)C)C(C)(C)c1ccccc1)[C@H](C)O. The zero-order chi connectivity index (χ0) is 32.6. The van der Waals surface area contributed by atoms with Crippen molar-refractivity contribution in [3.05, 3.63) is 47.5 Å². The Balaban J connectivity index is 3.49. The van der Waals surface area contributed by atoms with Crippen molar-refractivity contribution in [1.82, 2.24) is 15.1 Å². The molecule has 10 heteroatoms. The normalized spacial score (nSPS) is 15.2. The molecule has 0 aliphatic rings. The molecule has 1 aromatic rings. The minimum Gasteiger partial charge on any atom is -0.463 e. The van der Waals surface area contributed by atoms with Crippen molar-refractivity contribution in [3.8, 4) is 0 Å². The molecule has 10 nitrogen and oxygen atoms in total. The Kier molecular flexibility index (Phi) is 13.2. The maximum absolute atomic E-state index is 14.0. The zero-order valence-electron chi connectivity index (χ0n) is 27.3. The lowest BCUT2D eigenvalue weighted by atomic mass is 9.76. The highest BCUT2D eigenvalue weighted by Crippen LogP contribution is 2.31. The molecular formula is C32H51N3O7.